The number of ketones is 1. The molecule has 0 heterocycles. The molecule has 0 aliphatic rings. The lowest BCUT2D eigenvalue weighted by molar-refractivity contribution is -0.117. The number of rotatable bonds is 7. The van der Waals surface area contributed by atoms with E-state index in [2.05, 4.69) is 5.10 Å². The van der Waals surface area contributed by atoms with Gasteiger partial charge in [0.1, 0.15) is 5.78 Å². The second-order valence-corrected chi connectivity index (χ2v) is 7.17. The van der Waals surface area contributed by atoms with E-state index in [-0.39, 0.29) is 29.6 Å². The van der Waals surface area contributed by atoms with Crippen LogP contribution in [0.2, 0.25) is 0 Å². The van der Waals surface area contributed by atoms with Crippen molar-refractivity contribution in [1.29, 1.82) is 0 Å². The Morgan fingerprint density at radius 2 is 1.86 bits per heavy atom. The van der Waals surface area contributed by atoms with Crippen LogP contribution in [0.3, 0.4) is 0 Å². The average molecular weight is 310 g/mol. The summed E-state index contributed by atoms with van der Waals surface area (Å²) in [4.78, 5) is 11.3. The van der Waals surface area contributed by atoms with Crippen LogP contribution < -0.4 is 0 Å². The Hall–Kier alpha value is -1.69. The Labute approximate surface area is 126 Å². The van der Waals surface area contributed by atoms with Gasteiger partial charge >= 0.3 is 0 Å². The summed E-state index contributed by atoms with van der Waals surface area (Å²) in [6, 6.07) is 6.58. The molecular formula is C15H22N2O3S. The number of hydrogen-bond acceptors (Lipinski definition) is 4. The van der Waals surface area contributed by atoms with Crippen molar-refractivity contribution in [2.75, 3.05) is 6.54 Å². The van der Waals surface area contributed by atoms with Crippen molar-refractivity contribution in [3.63, 3.8) is 0 Å². The molecular weight excluding hydrogens is 288 g/mol. The van der Waals surface area contributed by atoms with E-state index in [1.165, 1.54) is 6.92 Å². The van der Waals surface area contributed by atoms with Crippen LogP contribution in [0.25, 0.3) is 0 Å². The van der Waals surface area contributed by atoms with Crippen molar-refractivity contribution in [3.05, 3.63) is 29.8 Å². The number of aryl methyl sites for hydroxylation is 1. The highest BCUT2D eigenvalue weighted by Gasteiger charge is 2.22. The van der Waals surface area contributed by atoms with E-state index in [9.17, 15) is 13.2 Å². The second-order valence-electron chi connectivity index (χ2n) is 5.32. The highest BCUT2D eigenvalue weighted by molar-refractivity contribution is 7.89. The largest absolute Gasteiger partial charge is 0.300 e. The second kappa shape index (κ2) is 7.36. The van der Waals surface area contributed by atoms with Gasteiger partial charge in [-0.2, -0.15) is 17.9 Å². The first kappa shape index (κ1) is 17.4. The van der Waals surface area contributed by atoms with Crippen LogP contribution in [-0.4, -0.2) is 31.4 Å². The van der Waals surface area contributed by atoms with E-state index in [0.29, 0.717) is 0 Å². The van der Waals surface area contributed by atoms with Crippen molar-refractivity contribution >= 4 is 22.0 Å². The minimum Gasteiger partial charge on any atom is -0.300 e. The molecule has 5 nitrogen and oxygen atoms in total. The van der Waals surface area contributed by atoms with E-state index >= 15 is 0 Å². The zero-order valence-electron chi connectivity index (χ0n) is 12.9. The van der Waals surface area contributed by atoms with Gasteiger partial charge in [0.25, 0.3) is 10.0 Å². The lowest BCUT2D eigenvalue weighted by Gasteiger charge is -2.19. The summed E-state index contributed by atoms with van der Waals surface area (Å²) in [7, 11) is -3.73. The summed E-state index contributed by atoms with van der Waals surface area (Å²) in [6.45, 7) is 7.19. The van der Waals surface area contributed by atoms with E-state index in [1.807, 2.05) is 20.8 Å². The molecule has 0 bridgehead atoms. The Kier molecular flexibility index (Phi) is 6.08. The molecule has 1 aromatic carbocycles. The van der Waals surface area contributed by atoms with E-state index in [0.717, 1.165) is 9.98 Å². The van der Waals surface area contributed by atoms with Gasteiger partial charge in [0.2, 0.25) is 0 Å². The van der Waals surface area contributed by atoms with Crippen LogP contribution in [0.15, 0.2) is 34.3 Å². The summed E-state index contributed by atoms with van der Waals surface area (Å²) in [5.41, 5.74) is 0.981. The first-order valence-electron chi connectivity index (χ1n) is 6.86. The molecule has 0 unspecified atom stereocenters. The SMILES string of the molecule is CC(=O)CCN(/N=C/C(C)C)S(=O)(=O)c1ccc(C)cc1. The molecule has 1 aromatic rings. The summed E-state index contributed by atoms with van der Waals surface area (Å²) < 4.78 is 26.1. The number of nitrogens with zero attached hydrogens (tertiary/aromatic N) is 2. The van der Waals surface area contributed by atoms with Crippen molar-refractivity contribution in [2.45, 2.75) is 39.0 Å². The summed E-state index contributed by atoms with van der Waals surface area (Å²) >= 11 is 0. The van der Waals surface area contributed by atoms with Gasteiger partial charge in [-0.3, -0.25) is 4.79 Å². The van der Waals surface area contributed by atoms with Crippen LogP contribution >= 0.6 is 0 Å². The molecule has 0 radical (unpaired) electrons. The van der Waals surface area contributed by atoms with Gasteiger partial charge in [-0.25, -0.2) is 0 Å². The molecule has 21 heavy (non-hydrogen) atoms. The molecule has 1 rings (SSSR count). The number of hydrazone groups is 1. The van der Waals surface area contributed by atoms with Crippen LogP contribution in [-0.2, 0) is 14.8 Å². The van der Waals surface area contributed by atoms with Crippen molar-refractivity contribution in [2.24, 2.45) is 11.0 Å². The molecule has 0 aliphatic carbocycles. The van der Waals surface area contributed by atoms with E-state index in [1.54, 1.807) is 30.5 Å². The minimum absolute atomic E-state index is 0.0504. The number of hydrogen-bond donors (Lipinski definition) is 0. The molecule has 0 N–H and O–H groups in total. The van der Waals surface area contributed by atoms with Gasteiger partial charge in [0.05, 0.1) is 11.4 Å². The zero-order valence-corrected chi connectivity index (χ0v) is 13.7. The lowest BCUT2D eigenvalue weighted by atomic mass is 10.2. The maximum absolute atomic E-state index is 12.6. The predicted molar refractivity (Wildman–Crippen MR) is 83.7 cm³/mol. The Morgan fingerprint density at radius 1 is 1.29 bits per heavy atom. The van der Waals surface area contributed by atoms with Gasteiger partial charge in [0, 0.05) is 12.6 Å². The predicted octanol–water partition coefficient (Wildman–Crippen LogP) is 2.61. The number of carbonyl (C=O) groups is 1. The van der Waals surface area contributed by atoms with Crippen LogP contribution in [0.4, 0.5) is 0 Å². The number of benzene rings is 1. The van der Waals surface area contributed by atoms with Gasteiger partial charge in [-0.05, 0) is 31.9 Å². The monoisotopic (exact) mass is 310 g/mol. The molecule has 0 saturated carbocycles. The summed E-state index contributed by atoms with van der Waals surface area (Å²) in [5, 5.41) is 4.03. The fraction of sp³-hybridized carbons (Fsp3) is 0.467. The number of carbonyl (C=O) groups excluding carboxylic acids is 1. The number of Topliss-reactive ketones (excluding diaryl/α,β-unsaturated/α-hetero) is 1. The fourth-order valence-electron chi connectivity index (χ4n) is 1.53. The third-order valence-electron chi connectivity index (χ3n) is 2.75. The standard InChI is InChI=1S/C15H22N2O3S/c1-12(2)11-16-17(10-9-14(4)18)21(19,20)15-7-5-13(3)6-8-15/h5-8,11-12H,9-10H2,1-4H3/b16-11+. The smallest absolute Gasteiger partial charge is 0.278 e. The first-order chi connectivity index (χ1) is 9.73. The first-order valence-corrected chi connectivity index (χ1v) is 8.30. The third-order valence-corrected chi connectivity index (χ3v) is 4.44. The average Bonchev–Trinajstić information content (AvgIpc) is 2.38. The molecule has 0 atom stereocenters. The van der Waals surface area contributed by atoms with Crippen molar-refractivity contribution in [3.8, 4) is 0 Å². The molecule has 0 aliphatic heterocycles. The van der Waals surface area contributed by atoms with Gasteiger partial charge in [-0.15, -0.1) is 0 Å². The molecule has 0 spiro atoms. The van der Waals surface area contributed by atoms with Crippen LogP contribution in [0, 0.1) is 12.8 Å². The van der Waals surface area contributed by atoms with Gasteiger partial charge in [-0.1, -0.05) is 31.5 Å². The summed E-state index contributed by atoms with van der Waals surface area (Å²) in [5.74, 6) is 0.0527. The minimum atomic E-state index is -3.73. The highest BCUT2D eigenvalue weighted by atomic mass is 32.2. The van der Waals surface area contributed by atoms with E-state index in [4.69, 9.17) is 0 Å². The highest BCUT2D eigenvalue weighted by Crippen LogP contribution is 2.17. The normalized spacial score (nSPS) is 12.0. The van der Waals surface area contributed by atoms with Gasteiger partial charge < -0.3 is 0 Å². The van der Waals surface area contributed by atoms with Crippen molar-refractivity contribution in [1.82, 2.24) is 4.41 Å². The topological polar surface area (TPSA) is 66.8 Å². The number of sulfonamides is 1. The maximum atomic E-state index is 12.6. The molecule has 0 aromatic heterocycles. The third kappa shape index (κ3) is 5.30. The summed E-state index contributed by atoms with van der Waals surface area (Å²) in [6.07, 6.45) is 1.70. The lowest BCUT2D eigenvalue weighted by Crippen LogP contribution is -2.28. The fourth-order valence-corrected chi connectivity index (χ4v) is 2.77. The van der Waals surface area contributed by atoms with Crippen LogP contribution in [0.5, 0.6) is 0 Å². The molecule has 0 fully saturated rings. The molecule has 0 amide bonds. The van der Waals surface area contributed by atoms with E-state index < -0.39 is 10.0 Å². The molecule has 116 valence electrons. The Bertz CT molecular complexity index is 604. The molecule has 0 saturated heterocycles. The van der Waals surface area contributed by atoms with Crippen LogP contribution in [0.1, 0.15) is 32.8 Å². The zero-order chi connectivity index (χ0) is 16.0. The quantitative estimate of drug-likeness (QED) is 0.574. The van der Waals surface area contributed by atoms with Gasteiger partial charge in [0.15, 0.2) is 0 Å². The van der Waals surface area contributed by atoms with Crippen molar-refractivity contribution < 1.29 is 13.2 Å². The Morgan fingerprint density at radius 3 is 2.33 bits per heavy atom. The maximum Gasteiger partial charge on any atom is 0.278 e. The molecule has 6 heteroatoms. The Balaban J connectivity index is 3.09.